The molecule has 0 aliphatic heterocycles. The molecule has 0 radical (unpaired) electrons. The third kappa shape index (κ3) is 2.84. The molecule has 2 heterocycles. The molecule has 0 aliphatic rings. The molecule has 0 aliphatic carbocycles. The fraction of sp³-hybridized carbons (Fsp3) is 0.357. The van der Waals surface area contributed by atoms with Crippen molar-refractivity contribution in [2.45, 2.75) is 28.2 Å². The molecule has 0 unspecified atom stereocenters. The smallest absolute Gasteiger partial charge is 0.341 e. The summed E-state index contributed by atoms with van der Waals surface area (Å²) >= 11 is 0. The zero-order valence-corrected chi connectivity index (χ0v) is 11.0. The van der Waals surface area contributed by atoms with Crippen molar-refractivity contribution in [1.29, 1.82) is 0 Å². The number of aryl methyl sites for hydroxylation is 1. The molecule has 0 saturated carbocycles. The Morgan fingerprint density at radius 2 is 2.10 bits per heavy atom. The molecular formula is C14H18FN3O2. The fourth-order valence-corrected chi connectivity index (χ4v) is 1.70. The van der Waals surface area contributed by atoms with Crippen molar-refractivity contribution in [3.8, 4) is 5.82 Å². The second kappa shape index (κ2) is 6.27. The molecule has 5 nitrogen and oxygen atoms in total. The van der Waals surface area contributed by atoms with Gasteiger partial charge in [-0.2, -0.15) is 5.10 Å². The van der Waals surface area contributed by atoms with Gasteiger partial charge in [-0.1, -0.05) is 7.43 Å². The number of ether oxygens (including phenoxy) is 1. The molecule has 20 heavy (non-hydrogen) atoms. The molecule has 2 aromatic rings. The van der Waals surface area contributed by atoms with Crippen LogP contribution in [0.3, 0.4) is 0 Å². The van der Waals surface area contributed by atoms with Gasteiger partial charge in [0.1, 0.15) is 11.4 Å². The number of carbonyl (C=O) groups is 1. The predicted molar refractivity (Wildman–Crippen MR) is 73.5 cm³/mol. The number of pyridine rings is 1. The standard InChI is InChI=1S/C13H14FN3O2.CH4/c1-4-19-13(18)10-7-15-17(9(10)3)12-6-5-11(14)8(2)16-12;/h5-7H,4H2,1-3H3;1H4. The van der Waals surface area contributed by atoms with Crippen LogP contribution in [0.25, 0.3) is 5.82 Å². The lowest BCUT2D eigenvalue weighted by molar-refractivity contribution is 0.0525. The third-order valence-corrected chi connectivity index (χ3v) is 2.73. The number of rotatable bonds is 3. The molecule has 0 N–H and O–H groups in total. The van der Waals surface area contributed by atoms with Crippen LogP contribution in [0.5, 0.6) is 0 Å². The van der Waals surface area contributed by atoms with Crippen LogP contribution >= 0.6 is 0 Å². The average molecular weight is 279 g/mol. The number of nitrogens with zero attached hydrogens (tertiary/aromatic N) is 3. The molecule has 108 valence electrons. The summed E-state index contributed by atoms with van der Waals surface area (Å²) in [6.45, 7) is 5.35. The third-order valence-electron chi connectivity index (χ3n) is 2.73. The summed E-state index contributed by atoms with van der Waals surface area (Å²) in [6.07, 6.45) is 1.42. The minimum absolute atomic E-state index is 0. The zero-order chi connectivity index (χ0) is 14.0. The number of esters is 1. The lowest BCUT2D eigenvalue weighted by atomic mass is 10.2. The normalized spacial score (nSPS) is 10.0. The minimum atomic E-state index is -0.426. The van der Waals surface area contributed by atoms with E-state index in [-0.39, 0.29) is 18.9 Å². The molecule has 2 rings (SSSR count). The SMILES string of the molecule is C.CCOC(=O)c1cnn(-c2ccc(F)c(C)n2)c1C. The van der Waals surface area contributed by atoms with Gasteiger partial charge >= 0.3 is 5.97 Å². The van der Waals surface area contributed by atoms with Crippen LogP contribution in [0.1, 0.15) is 36.1 Å². The lowest BCUT2D eigenvalue weighted by Crippen LogP contribution is -2.08. The molecule has 0 atom stereocenters. The molecule has 0 aromatic carbocycles. The van der Waals surface area contributed by atoms with Crippen LogP contribution in [0, 0.1) is 19.7 Å². The summed E-state index contributed by atoms with van der Waals surface area (Å²) in [7, 11) is 0. The van der Waals surface area contributed by atoms with Crippen molar-refractivity contribution in [3.63, 3.8) is 0 Å². The Labute approximate surface area is 117 Å². The Morgan fingerprint density at radius 3 is 2.70 bits per heavy atom. The molecule has 0 spiro atoms. The molecule has 0 saturated heterocycles. The number of carbonyl (C=O) groups excluding carboxylic acids is 1. The number of hydrogen-bond donors (Lipinski definition) is 0. The van der Waals surface area contributed by atoms with Gasteiger partial charge in [-0.3, -0.25) is 0 Å². The first-order valence-corrected chi connectivity index (χ1v) is 5.89. The van der Waals surface area contributed by atoms with E-state index in [2.05, 4.69) is 10.1 Å². The Bertz CT molecular complexity index is 623. The van der Waals surface area contributed by atoms with E-state index in [1.54, 1.807) is 20.8 Å². The highest BCUT2D eigenvalue weighted by Gasteiger charge is 2.16. The molecule has 0 fully saturated rings. The number of aromatic nitrogens is 3. The molecule has 2 aromatic heterocycles. The van der Waals surface area contributed by atoms with Gasteiger partial charge in [0.05, 0.1) is 24.2 Å². The van der Waals surface area contributed by atoms with Crippen molar-refractivity contribution < 1.29 is 13.9 Å². The first kappa shape index (κ1) is 15.8. The highest BCUT2D eigenvalue weighted by molar-refractivity contribution is 5.90. The summed E-state index contributed by atoms with van der Waals surface area (Å²) < 4.78 is 19.6. The minimum Gasteiger partial charge on any atom is -0.462 e. The van der Waals surface area contributed by atoms with Crippen molar-refractivity contribution in [3.05, 3.63) is 41.1 Å². The quantitative estimate of drug-likeness (QED) is 0.811. The average Bonchev–Trinajstić information content (AvgIpc) is 2.75. The van der Waals surface area contributed by atoms with Gasteiger partial charge in [0.15, 0.2) is 5.82 Å². The van der Waals surface area contributed by atoms with Crippen LogP contribution in [0.15, 0.2) is 18.3 Å². The van der Waals surface area contributed by atoms with E-state index in [1.807, 2.05) is 0 Å². The van der Waals surface area contributed by atoms with Crippen LogP contribution in [0.4, 0.5) is 4.39 Å². The largest absolute Gasteiger partial charge is 0.462 e. The number of hydrogen-bond acceptors (Lipinski definition) is 4. The fourth-order valence-electron chi connectivity index (χ4n) is 1.70. The van der Waals surface area contributed by atoms with Crippen LogP contribution < -0.4 is 0 Å². The summed E-state index contributed by atoms with van der Waals surface area (Å²) in [4.78, 5) is 15.8. The molecule has 0 bridgehead atoms. The van der Waals surface area contributed by atoms with Crippen molar-refractivity contribution in [2.24, 2.45) is 0 Å². The molecule has 0 amide bonds. The first-order chi connectivity index (χ1) is 9.04. The Morgan fingerprint density at radius 1 is 1.40 bits per heavy atom. The lowest BCUT2D eigenvalue weighted by Gasteiger charge is -2.06. The second-order valence-electron chi connectivity index (χ2n) is 4.01. The topological polar surface area (TPSA) is 57.0 Å². The van der Waals surface area contributed by atoms with Gasteiger partial charge in [0.25, 0.3) is 0 Å². The maximum atomic E-state index is 13.2. The highest BCUT2D eigenvalue weighted by Crippen LogP contribution is 2.15. The van der Waals surface area contributed by atoms with Crippen LogP contribution in [-0.2, 0) is 4.74 Å². The van der Waals surface area contributed by atoms with E-state index in [4.69, 9.17) is 4.74 Å². The van der Waals surface area contributed by atoms with Gasteiger partial charge in [0.2, 0.25) is 0 Å². The molecular weight excluding hydrogens is 261 g/mol. The van der Waals surface area contributed by atoms with E-state index >= 15 is 0 Å². The van der Waals surface area contributed by atoms with E-state index in [1.165, 1.54) is 23.0 Å². The van der Waals surface area contributed by atoms with Crippen LogP contribution in [-0.4, -0.2) is 27.3 Å². The maximum absolute atomic E-state index is 13.2. The van der Waals surface area contributed by atoms with E-state index < -0.39 is 5.97 Å². The Kier molecular flexibility index (Phi) is 4.96. The summed E-state index contributed by atoms with van der Waals surface area (Å²) in [6, 6.07) is 2.83. The van der Waals surface area contributed by atoms with Gasteiger partial charge < -0.3 is 4.74 Å². The monoisotopic (exact) mass is 279 g/mol. The first-order valence-electron chi connectivity index (χ1n) is 5.89. The van der Waals surface area contributed by atoms with Gasteiger partial charge in [-0.25, -0.2) is 18.9 Å². The van der Waals surface area contributed by atoms with E-state index in [9.17, 15) is 9.18 Å². The predicted octanol–water partition coefficient (Wildman–Crippen LogP) is 2.84. The summed E-state index contributed by atoms with van der Waals surface area (Å²) in [5.41, 5.74) is 1.27. The van der Waals surface area contributed by atoms with Gasteiger partial charge in [-0.15, -0.1) is 0 Å². The van der Waals surface area contributed by atoms with E-state index in [0.717, 1.165) is 0 Å². The highest BCUT2D eigenvalue weighted by atomic mass is 19.1. The zero-order valence-electron chi connectivity index (χ0n) is 11.0. The number of halogens is 1. The van der Waals surface area contributed by atoms with Gasteiger partial charge in [0, 0.05) is 0 Å². The van der Waals surface area contributed by atoms with E-state index in [0.29, 0.717) is 23.7 Å². The summed E-state index contributed by atoms with van der Waals surface area (Å²) in [5, 5.41) is 4.09. The van der Waals surface area contributed by atoms with Gasteiger partial charge in [-0.05, 0) is 32.9 Å². The van der Waals surface area contributed by atoms with Crippen LogP contribution in [0.2, 0.25) is 0 Å². The van der Waals surface area contributed by atoms with Crippen molar-refractivity contribution in [1.82, 2.24) is 14.8 Å². The molecule has 6 heteroatoms. The Hall–Kier alpha value is -2.24. The second-order valence-corrected chi connectivity index (χ2v) is 4.01. The maximum Gasteiger partial charge on any atom is 0.341 e. The summed E-state index contributed by atoms with van der Waals surface area (Å²) in [5.74, 6) is -0.337. The Balaban J connectivity index is 0.00000200. The van der Waals surface area contributed by atoms with Crippen molar-refractivity contribution in [2.75, 3.05) is 6.61 Å². The van der Waals surface area contributed by atoms with Crippen molar-refractivity contribution >= 4 is 5.97 Å².